The fourth-order valence-corrected chi connectivity index (χ4v) is 1.66. The molecular weight excluding hydrogens is 256 g/mol. The van der Waals surface area contributed by atoms with Crippen LogP contribution in [0.4, 0.5) is 5.69 Å². The molecule has 3 N–H and O–H groups in total. The number of rotatable bonds is 3. The Morgan fingerprint density at radius 2 is 1.60 bits per heavy atom. The summed E-state index contributed by atoms with van der Waals surface area (Å²) in [5.41, 5.74) is 6.28. The quantitative estimate of drug-likeness (QED) is 0.732. The van der Waals surface area contributed by atoms with Crippen LogP contribution in [0.25, 0.3) is 0 Å². The standard InChI is InChI=1S/C14H14N4O2/c1-15-12-5-3-2-4-11(12)14(20)18-17-13(19)10-6-8-16-9-7-10/h2-9,15H,1H3,(H,17,19)(H,18,20). The molecule has 2 aromatic rings. The smallest absolute Gasteiger partial charge is 0.271 e. The first-order valence-corrected chi connectivity index (χ1v) is 6.00. The molecule has 1 heterocycles. The van der Waals surface area contributed by atoms with E-state index in [1.807, 2.05) is 6.07 Å². The van der Waals surface area contributed by atoms with Gasteiger partial charge in [0.25, 0.3) is 11.8 Å². The van der Waals surface area contributed by atoms with Crippen molar-refractivity contribution < 1.29 is 9.59 Å². The Morgan fingerprint density at radius 3 is 2.30 bits per heavy atom. The maximum atomic E-state index is 12.0. The molecule has 0 atom stereocenters. The first kappa shape index (κ1) is 13.5. The van der Waals surface area contributed by atoms with Crippen molar-refractivity contribution in [2.75, 3.05) is 12.4 Å². The number of pyridine rings is 1. The molecule has 0 aliphatic carbocycles. The maximum Gasteiger partial charge on any atom is 0.271 e. The monoisotopic (exact) mass is 270 g/mol. The zero-order valence-electron chi connectivity index (χ0n) is 10.9. The third-order valence-electron chi connectivity index (χ3n) is 2.67. The third kappa shape index (κ3) is 3.11. The van der Waals surface area contributed by atoms with Gasteiger partial charge >= 0.3 is 0 Å². The van der Waals surface area contributed by atoms with Gasteiger partial charge in [-0.25, -0.2) is 0 Å². The van der Waals surface area contributed by atoms with E-state index in [4.69, 9.17) is 0 Å². The number of carbonyl (C=O) groups excluding carboxylic acids is 2. The van der Waals surface area contributed by atoms with E-state index in [0.717, 1.165) is 0 Å². The summed E-state index contributed by atoms with van der Waals surface area (Å²) in [6, 6.07) is 10.1. The van der Waals surface area contributed by atoms with Gasteiger partial charge in [0.15, 0.2) is 0 Å². The first-order chi connectivity index (χ1) is 9.72. The fraction of sp³-hybridized carbons (Fsp3) is 0.0714. The van der Waals surface area contributed by atoms with Gasteiger partial charge in [-0.15, -0.1) is 0 Å². The molecule has 2 rings (SSSR count). The molecule has 6 heteroatoms. The van der Waals surface area contributed by atoms with Crippen LogP contribution in [0.2, 0.25) is 0 Å². The van der Waals surface area contributed by atoms with Gasteiger partial charge in [-0.1, -0.05) is 12.1 Å². The molecule has 2 amide bonds. The van der Waals surface area contributed by atoms with Crippen LogP contribution < -0.4 is 16.2 Å². The third-order valence-corrected chi connectivity index (χ3v) is 2.67. The Kier molecular flexibility index (Phi) is 4.28. The average molecular weight is 270 g/mol. The van der Waals surface area contributed by atoms with Gasteiger partial charge in [0.2, 0.25) is 0 Å². The lowest BCUT2D eigenvalue weighted by Gasteiger charge is -2.10. The molecule has 6 nitrogen and oxygen atoms in total. The number of aromatic nitrogens is 1. The van der Waals surface area contributed by atoms with Crippen molar-refractivity contribution in [1.82, 2.24) is 15.8 Å². The zero-order valence-corrected chi connectivity index (χ0v) is 10.9. The molecule has 1 aromatic carbocycles. The number of carbonyl (C=O) groups is 2. The zero-order chi connectivity index (χ0) is 14.4. The van der Waals surface area contributed by atoms with Gasteiger partial charge in [-0.2, -0.15) is 0 Å². The van der Waals surface area contributed by atoms with E-state index in [2.05, 4.69) is 21.2 Å². The minimum Gasteiger partial charge on any atom is -0.387 e. The van der Waals surface area contributed by atoms with Crippen LogP contribution in [0.5, 0.6) is 0 Å². The predicted molar refractivity (Wildman–Crippen MR) is 75.2 cm³/mol. The number of hydrazine groups is 1. The lowest BCUT2D eigenvalue weighted by atomic mass is 10.1. The highest BCUT2D eigenvalue weighted by atomic mass is 16.2. The summed E-state index contributed by atoms with van der Waals surface area (Å²) in [5, 5.41) is 2.91. The summed E-state index contributed by atoms with van der Waals surface area (Å²) in [6.45, 7) is 0. The first-order valence-electron chi connectivity index (χ1n) is 6.00. The molecule has 20 heavy (non-hydrogen) atoms. The number of benzene rings is 1. The van der Waals surface area contributed by atoms with Gasteiger partial charge in [0.05, 0.1) is 5.56 Å². The van der Waals surface area contributed by atoms with E-state index in [1.165, 1.54) is 12.4 Å². The molecule has 0 saturated heterocycles. The molecular formula is C14H14N4O2. The Balaban J connectivity index is 2.01. The highest BCUT2D eigenvalue weighted by Gasteiger charge is 2.11. The lowest BCUT2D eigenvalue weighted by molar-refractivity contribution is 0.0847. The van der Waals surface area contributed by atoms with Crippen molar-refractivity contribution in [3.05, 3.63) is 59.9 Å². The Morgan fingerprint density at radius 1 is 0.950 bits per heavy atom. The topological polar surface area (TPSA) is 83.1 Å². The molecule has 0 spiro atoms. The van der Waals surface area contributed by atoms with Crippen LogP contribution in [0, 0.1) is 0 Å². The summed E-state index contributed by atoms with van der Waals surface area (Å²) >= 11 is 0. The predicted octanol–water partition coefficient (Wildman–Crippen LogP) is 1.20. The molecule has 1 aromatic heterocycles. The Hall–Kier alpha value is -2.89. The molecule has 0 aliphatic rings. The van der Waals surface area contributed by atoms with Crippen molar-refractivity contribution in [3.8, 4) is 0 Å². The van der Waals surface area contributed by atoms with E-state index < -0.39 is 11.8 Å². The fourth-order valence-electron chi connectivity index (χ4n) is 1.66. The van der Waals surface area contributed by atoms with Gasteiger partial charge in [-0.3, -0.25) is 25.4 Å². The number of hydrogen-bond donors (Lipinski definition) is 3. The van der Waals surface area contributed by atoms with Crippen LogP contribution in [0.15, 0.2) is 48.8 Å². The molecule has 0 aliphatic heterocycles. The van der Waals surface area contributed by atoms with Crippen LogP contribution in [0.1, 0.15) is 20.7 Å². The van der Waals surface area contributed by atoms with Crippen LogP contribution in [-0.4, -0.2) is 23.8 Å². The van der Waals surface area contributed by atoms with E-state index in [1.54, 1.807) is 37.4 Å². The summed E-state index contributed by atoms with van der Waals surface area (Å²) in [5.74, 6) is -0.792. The number of para-hydroxylation sites is 1. The summed E-state index contributed by atoms with van der Waals surface area (Å²) < 4.78 is 0. The molecule has 0 radical (unpaired) electrons. The second kappa shape index (κ2) is 6.33. The van der Waals surface area contributed by atoms with E-state index >= 15 is 0 Å². The lowest BCUT2D eigenvalue weighted by Crippen LogP contribution is -2.41. The van der Waals surface area contributed by atoms with Crippen molar-refractivity contribution in [2.24, 2.45) is 0 Å². The second-order valence-corrected chi connectivity index (χ2v) is 3.94. The molecule has 0 fully saturated rings. The summed E-state index contributed by atoms with van der Waals surface area (Å²) in [6.07, 6.45) is 3.01. The number of amides is 2. The number of hydrogen-bond acceptors (Lipinski definition) is 4. The van der Waals surface area contributed by atoms with Gasteiger partial charge in [0, 0.05) is 30.7 Å². The minimum absolute atomic E-state index is 0.391. The van der Waals surface area contributed by atoms with Gasteiger partial charge < -0.3 is 5.32 Å². The normalized spacial score (nSPS) is 9.65. The van der Waals surface area contributed by atoms with E-state index in [9.17, 15) is 9.59 Å². The summed E-state index contributed by atoms with van der Waals surface area (Å²) in [4.78, 5) is 27.6. The number of nitrogens with one attached hydrogen (secondary N) is 3. The SMILES string of the molecule is CNc1ccccc1C(=O)NNC(=O)c1ccncc1. The largest absolute Gasteiger partial charge is 0.387 e. The Labute approximate surface area is 116 Å². The molecule has 0 unspecified atom stereocenters. The summed E-state index contributed by atoms with van der Waals surface area (Å²) in [7, 11) is 1.72. The van der Waals surface area contributed by atoms with Crippen molar-refractivity contribution in [1.29, 1.82) is 0 Å². The van der Waals surface area contributed by atoms with Crippen LogP contribution in [0.3, 0.4) is 0 Å². The molecule has 102 valence electrons. The van der Waals surface area contributed by atoms with Crippen molar-refractivity contribution >= 4 is 17.5 Å². The van der Waals surface area contributed by atoms with Crippen LogP contribution >= 0.6 is 0 Å². The van der Waals surface area contributed by atoms with Crippen molar-refractivity contribution in [2.45, 2.75) is 0 Å². The van der Waals surface area contributed by atoms with Gasteiger partial charge in [0.1, 0.15) is 0 Å². The molecule has 0 saturated carbocycles. The highest BCUT2D eigenvalue weighted by Crippen LogP contribution is 2.13. The average Bonchev–Trinajstić information content (AvgIpc) is 2.53. The molecule has 0 bridgehead atoms. The van der Waals surface area contributed by atoms with Crippen molar-refractivity contribution in [3.63, 3.8) is 0 Å². The second-order valence-electron chi connectivity index (χ2n) is 3.94. The number of nitrogens with zero attached hydrogens (tertiary/aromatic N) is 1. The number of anilines is 1. The van der Waals surface area contributed by atoms with Gasteiger partial charge in [-0.05, 0) is 24.3 Å². The maximum absolute atomic E-state index is 12.0. The minimum atomic E-state index is -0.400. The highest BCUT2D eigenvalue weighted by molar-refractivity contribution is 6.02. The van der Waals surface area contributed by atoms with E-state index in [0.29, 0.717) is 16.8 Å². The van der Waals surface area contributed by atoms with Crippen LogP contribution in [-0.2, 0) is 0 Å². The van der Waals surface area contributed by atoms with E-state index in [-0.39, 0.29) is 0 Å². The Bertz CT molecular complexity index is 614.